The molecule has 7 heteroatoms. The van der Waals surface area contributed by atoms with Crippen LogP contribution >= 0.6 is 0 Å². The number of anilines is 1. The number of para-hydroxylation sites is 1. The molecule has 3 rings (SSSR count). The van der Waals surface area contributed by atoms with E-state index in [2.05, 4.69) is 16.0 Å². The van der Waals surface area contributed by atoms with Crippen LogP contribution in [0.5, 0.6) is 0 Å². The molecule has 3 N–H and O–H groups in total. The highest BCUT2D eigenvalue weighted by atomic mass is 16.5. The van der Waals surface area contributed by atoms with Crippen LogP contribution in [0.15, 0.2) is 24.3 Å². The van der Waals surface area contributed by atoms with E-state index in [-0.39, 0.29) is 35.8 Å². The van der Waals surface area contributed by atoms with E-state index in [0.29, 0.717) is 24.3 Å². The van der Waals surface area contributed by atoms with Crippen LogP contribution in [0.25, 0.3) is 0 Å². The van der Waals surface area contributed by atoms with Gasteiger partial charge in [-0.3, -0.25) is 14.4 Å². The molecule has 1 aromatic carbocycles. The highest BCUT2D eigenvalue weighted by molar-refractivity contribution is 6.10. The first-order valence-corrected chi connectivity index (χ1v) is 8.48. The number of carbonyl (C=O) groups is 3. The van der Waals surface area contributed by atoms with E-state index in [9.17, 15) is 14.4 Å². The van der Waals surface area contributed by atoms with Crippen molar-refractivity contribution >= 4 is 23.4 Å². The molecule has 25 heavy (non-hydrogen) atoms. The lowest BCUT2D eigenvalue weighted by Crippen LogP contribution is -2.49. The molecule has 1 aromatic rings. The first kappa shape index (κ1) is 17.4. The van der Waals surface area contributed by atoms with E-state index in [1.165, 1.54) is 0 Å². The fraction of sp³-hybridized carbons (Fsp3) is 0.500. The van der Waals surface area contributed by atoms with Gasteiger partial charge >= 0.3 is 0 Å². The Bertz CT molecular complexity index is 701. The van der Waals surface area contributed by atoms with Gasteiger partial charge in [-0.25, -0.2) is 0 Å². The Labute approximate surface area is 146 Å². The first-order chi connectivity index (χ1) is 11.8. The SMILES string of the molecule is CC1(C)CC(NC(=O)C[C@H]2NC(=O)c3ccccc3NC2=O)CCO1. The highest BCUT2D eigenvalue weighted by Gasteiger charge is 2.32. The van der Waals surface area contributed by atoms with Crippen LogP contribution in [0.3, 0.4) is 0 Å². The summed E-state index contributed by atoms with van der Waals surface area (Å²) in [5.74, 6) is -1.01. The van der Waals surface area contributed by atoms with Crippen molar-refractivity contribution in [3.8, 4) is 0 Å². The lowest BCUT2D eigenvalue weighted by molar-refractivity contribution is -0.127. The van der Waals surface area contributed by atoms with Crippen LogP contribution in [0.4, 0.5) is 5.69 Å². The zero-order valence-electron chi connectivity index (χ0n) is 14.4. The van der Waals surface area contributed by atoms with Crippen LogP contribution in [-0.2, 0) is 14.3 Å². The standard InChI is InChI=1S/C18H23N3O4/c1-18(2)10-11(7-8-25-18)19-15(22)9-14-17(24)20-13-6-4-3-5-12(13)16(23)21-14/h3-6,11,14H,7-10H2,1-2H3,(H,19,22)(H,20,24)(H,21,23)/t11?,14-/m1/s1. The van der Waals surface area contributed by atoms with Crippen LogP contribution in [0.1, 0.15) is 43.5 Å². The number of hydrogen-bond acceptors (Lipinski definition) is 4. The molecule has 0 bridgehead atoms. The molecule has 1 unspecified atom stereocenters. The molecule has 2 heterocycles. The lowest BCUT2D eigenvalue weighted by Gasteiger charge is -2.36. The van der Waals surface area contributed by atoms with Gasteiger partial charge in [0.15, 0.2) is 0 Å². The van der Waals surface area contributed by atoms with Crippen LogP contribution in [0.2, 0.25) is 0 Å². The van der Waals surface area contributed by atoms with Gasteiger partial charge in [0.25, 0.3) is 5.91 Å². The third-order valence-electron chi connectivity index (χ3n) is 4.50. The minimum Gasteiger partial charge on any atom is -0.375 e. The first-order valence-electron chi connectivity index (χ1n) is 8.48. The summed E-state index contributed by atoms with van der Waals surface area (Å²) in [6, 6.07) is 5.89. The summed E-state index contributed by atoms with van der Waals surface area (Å²) in [6.45, 7) is 4.57. The molecule has 7 nitrogen and oxygen atoms in total. The Kier molecular flexibility index (Phi) is 4.76. The van der Waals surface area contributed by atoms with Crippen molar-refractivity contribution in [3.63, 3.8) is 0 Å². The summed E-state index contributed by atoms with van der Waals surface area (Å²) < 4.78 is 5.64. The smallest absolute Gasteiger partial charge is 0.254 e. The van der Waals surface area contributed by atoms with Gasteiger partial charge in [0.2, 0.25) is 11.8 Å². The van der Waals surface area contributed by atoms with Crippen LogP contribution in [-0.4, -0.2) is 42.0 Å². The quantitative estimate of drug-likeness (QED) is 0.767. The second-order valence-electron chi connectivity index (χ2n) is 7.13. The maximum absolute atomic E-state index is 12.3. The van der Waals surface area contributed by atoms with Gasteiger partial charge in [-0.05, 0) is 38.8 Å². The van der Waals surface area contributed by atoms with Crippen molar-refractivity contribution in [1.82, 2.24) is 10.6 Å². The van der Waals surface area contributed by atoms with E-state index < -0.39 is 6.04 Å². The molecule has 1 saturated heterocycles. The zero-order valence-corrected chi connectivity index (χ0v) is 14.4. The molecule has 2 aliphatic heterocycles. The number of rotatable bonds is 3. The second kappa shape index (κ2) is 6.84. The average Bonchev–Trinajstić information content (AvgIpc) is 2.64. The number of hydrogen-bond donors (Lipinski definition) is 3. The number of amides is 3. The van der Waals surface area contributed by atoms with E-state index in [1.807, 2.05) is 13.8 Å². The van der Waals surface area contributed by atoms with Gasteiger partial charge in [0, 0.05) is 12.6 Å². The van der Waals surface area contributed by atoms with Crippen molar-refractivity contribution < 1.29 is 19.1 Å². The van der Waals surface area contributed by atoms with Gasteiger partial charge in [-0.1, -0.05) is 12.1 Å². The predicted octanol–water partition coefficient (Wildman–Crippen LogP) is 1.20. The Balaban J connectivity index is 1.62. The van der Waals surface area contributed by atoms with Crippen molar-refractivity contribution in [2.24, 2.45) is 0 Å². The number of carbonyl (C=O) groups excluding carboxylic acids is 3. The fourth-order valence-electron chi connectivity index (χ4n) is 3.28. The zero-order chi connectivity index (χ0) is 18.0. The largest absolute Gasteiger partial charge is 0.375 e. The van der Waals surface area contributed by atoms with Crippen LogP contribution < -0.4 is 16.0 Å². The Morgan fingerprint density at radius 1 is 1.32 bits per heavy atom. The third-order valence-corrected chi connectivity index (χ3v) is 4.50. The number of nitrogens with one attached hydrogen (secondary N) is 3. The van der Waals surface area contributed by atoms with Gasteiger partial charge in [-0.15, -0.1) is 0 Å². The number of ether oxygens (including phenoxy) is 1. The van der Waals surface area contributed by atoms with Crippen molar-refractivity contribution in [1.29, 1.82) is 0 Å². The van der Waals surface area contributed by atoms with E-state index >= 15 is 0 Å². The second-order valence-corrected chi connectivity index (χ2v) is 7.13. The van der Waals surface area contributed by atoms with E-state index in [1.54, 1.807) is 24.3 Å². The predicted molar refractivity (Wildman–Crippen MR) is 92.1 cm³/mol. The van der Waals surface area contributed by atoms with Gasteiger partial charge in [-0.2, -0.15) is 0 Å². The summed E-state index contributed by atoms with van der Waals surface area (Å²) in [6.07, 6.45) is 1.36. The molecule has 0 spiro atoms. The molecule has 2 atom stereocenters. The average molecular weight is 345 g/mol. The fourth-order valence-corrected chi connectivity index (χ4v) is 3.28. The van der Waals surface area contributed by atoms with Gasteiger partial charge in [0.1, 0.15) is 6.04 Å². The topological polar surface area (TPSA) is 96.5 Å². The lowest BCUT2D eigenvalue weighted by atomic mass is 9.94. The molecule has 2 aliphatic rings. The summed E-state index contributed by atoms with van der Waals surface area (Å²) in [4.78, 5) is 36.9. The van der Waals surface area contributed by atoms with Crippen LogP contribution in [0, 0.1) is 0 Å². The Morgan fingerprint density at radius 2 is 2.08 bits per heavy atom. The van der Waals surface area contributed by atoms with Gasteiger partial charge < -0.3 is 20.7 Å². The van der Waals surface area contributed by atoms with E-state index in [0.717, 1.165) is 6.42 Å². The molecular weight excluding hydrogens is 322 g/mol. The summed E-state index contributed by atoms with van der Waals surface area (Å²) in [7, 11) is 0. The summed E-state index contributed by atoms with van der Waals surface area (Å²) >= 11 is 0. The van der Waals surface area contributed by atoms with Gasteiger partial charge in [0.05, 0.1) is 23.3 Å². The molecule has 0 aromatic heterocycles. The maximum atomic E-state index is 12.3. The molecule has 0 radical (unpaired) electrons. The van der Waals surface area contributed by atoms with Crippen molar-refractivity contribution in [2.45, 2.75) is 50.8 Å². The minimum atomic E-state index is -0.896. The molecule has 1 fully saturated rings. The molecule has 134 valence electrons. The monoisotopic (exact) mass is 345 g/mol. The van der Waals surface area contributed by atoms with E-state index in [4.69, 9.17) is 4.74 Å². The molecule has 3 amide bonds. The Morgan fingerprint density at radius 3 is 2.84 bits per heavy atom. The summed E-state index contributed by atoms with van der Waals surface area (Å²) in [5, 5.41) is 8.28. The van der Waals surface area contributed by atoms with Crippen molar-refractivity contribution in [2.75, 3.05) is 11.9 Å². The summed E-state index contributed by atoms with van der Waals surface area (Å²) in [5.41, 5.74) is 0.579. The minimum absolute atomic E-state index is 0.0120. The highest BCUT2D eigenvalue weighted by Crippen LogP contribution is 2.24. The van der Waals surface area contributed by atoms with Crippen molar-refractivity contribution in [3.05, 3.63) is 29.8 Å². The maximum Gasteiger partial charge on any atom is 0.254 e. The number of benzene rings is 1. The Hall–Kier alpha value is -2.41. The third kappa shape index (κ3) is 4.17. The molecular formula is C18H23N3O4. The molecule has 0 aliphatic carbocycles. The molecule has 0 saturated carbocycles. The number of fused-ring (bicyclic) bond motifs is 1. The normalized spacial score (nSPS) is 25.2.